The maximum atomic E-state index is 14.4. The zero-order valence-corrected chi connectivity index (χ0v) is 39.0. The molecule has 3 aliphatic rings. The first-order valence-electron chi connectivity index (χ1n) is 22.1. The Morgan fingerprint density at radius 2 is 1.19 bits per heavy atom. The highest BCUT2D eigenvalue weighted by Crippen LogP contribution is 2.40. The molecule has 4 aromatic carbocycles. The van der Waals surface area contributed by atoms with E-state index in [9.17, 15) is 28.8 Å². The lowest BCUT2D eigenvalue weighted by atomic mass is 9.91. The maximum Gasteiger partial charge on any atom is 0.318 e. The summed E-state index contributed by atoms with van der Waals surface area (Å²) in [4.78, 5) is 78.0. The molecule has 4 aromatic rings. The molecule has 0 aromatic heterocycles. The average Bonchev–Trinajstić information content (AvgIpc) is 3.31. The fourth-order valence-corrected chi connectivity index (χ4v) is 8.48. The van der Waals surface area contributed by atoms with Crippen LogP contribution in [0.4, 0.5) is 5.69 Å². The number of carbonyl (C=O) groups excluding carboxylic acids is 6. The van der Waals surface area contributed by atoms with E-state index in [1.54, 1.807) is 91.0 Å². The summed E-state index contributed by atoms with van der Waals surface area (Å²) < 4.78 is 67.8. The van der Waals surface area contributed by atoms with Gasteiger partial charge in [0.2, 0.25) is 5.91 Å². The molecule has 11 atom stereocenters. The molecule has 0 aliphatic carbocycles. The van der Waals surface area contributed by atoms with E-state index in [1.165, 1.54) is 13.8 Å². The van der Waals surface area contributed by atoms with Gasteiger partial charge in [0, 0.05) is 40.2 Å². The summed E-state index contributed by atoms with van der Waals surface area (Å²) in [5, 5.41) is 2.90. The van der Waals surface area contributed by atoms with Crippen LogP contribution in [-0.4, -0.2) is 110 Å². The number of halogens is 1. The van der Waals surface area contributed by atoms with Gasteiger partial charge >= 0.3 is 29.8 Å². The third kappa shape index (κ3) is 13.1. The normalized spacial score (nSPS) is 26.4. The molecule has 1 amide bonds. The molecule has 0 bridgehead atoms. The first kappa shape index (κ1) is 50.6. The second-order valence-electron chi connectivity index (χ2n) is 16.4. The van der Waals surface area contributed by atoms with Crippen LogP contribution in [-0.2, 0) is 87.5 Å². The van der Waals surface area contributed by atoms with Crippen molar-refractivity contribution in [2.75, 3.05) is 18.5 Å². The number of anilines is 1. The number of amides is 1. The first-order chi connectivity index (χ1) is 33.1. The van der Waals surface area contributed by atoms with Crippen LogP contribution in [0.15, 0.2) is 109 Å². The van der Waals surface area contributed by atoms with E-state index in [0.717, 1.165) is 20.8 Å². The molecule has 0 spiro atoms. The van der Waals surface area contributed by atoms with Crippen LogP contribution in [0.5, 0.6) is 0 Å². The molecule has 0 radical (unpaired) electrons. The minimum atomic E-state index is -1.66. The van der Waals surface area contributed by atoms with E-state index < -0.39 is 110 Å². The number of esters is 5. The SMILES string of the molecule is CC(=O)Nc1cc(CO[C@@H]2O[C@H](COC(=O)C(c3ccccc3)c3ccccc3)[C@@H](O[C@H]3O[C@@H]4COC(c5ccccc5)O[C@H]4[C@H](OC(C)=O)[C@H]3OC(C)=O)[C@H](OC(C)=O)[C@H]2OC(C)=O)ccc1Cl. The number of ether oxygens (including phenoxy) is 11. The average molecular weight is 974 g/mol. The van der Waals surface area contributed by atoms with Crippen molar-refractivity contribution in [3.05, 3.63) is 136 Å². The molecule has 18 nitrogen and oxygen atoms in total. The fourth-order valence-electron chi connectivity index (χ4n) is 8.32. The number of hydrogen-bond acceptors (Lipinski definition) is 17. The largest absolute Gasteiger partial charge is 0.462 e. The van der Waals surface area contributed by atoms with Crippen LogP contribution in [0.1, 0.15) is 69.1 Å². The summed E-state index contributed by atoms with van der Waals surface area (Å²) >= 11 is 6.34. The third-order valence-electron chi connectivity index (χ3n) is 11.1. The van der Waals surface area contributed by atoms with Gasteiger partial charge in [0.25, 0.3) is 0 Å². The minimum Gasteiger partial charge on any atom is -0.462 e. The van der Waals surface area contributed by atoms with Gasteiger partial charge in [0.1, 0.15) is 36.9 Å². The Balaban J connectivity index is 1.26. The van der Waals surface area contributed by atoms with E-state index in [1.807, 2.05) is 18.2 Å². The summed E-state index contributed by atoms with van der Waals surface area (Å²) in [5.74, 6) is -5.23. The zero-order chi connectivity index (χ0) is 49.2. The van der Waals surface area contributed by atoms with Gasteiger partial charge in [-0.05, 0) is 28.8 Å². The number of fused-ring (bicyclic) bond motifs is 1. The lowest BCUT2D eigenvalue weighted by Crippen LogP contribution is -2.67. The fraction of sp³-hybridized carbons (Fsp3) is 0.400. The summed E-state index contributed by atoms with van der Waals surface area (Å²) in [6, 6.07) is 31.6. The number of rotatable bonds is 16. The number of nitrogens with one attached hydrogen (secondary N) is 1. The molecule has 1 unspecified atom stereocenters. The molecular weight excluding hydrogens is 922 g/mol. The molecule has 366 valence electrons. The zero-order valence-electron chi connectivity index (χ0n) is 38.3. The van der Waals surface area contributed by atoms with Crippen molar-refractivity contribution in [2.24, 2.45) is 0 Å². The van der Waals surface area contributed by atoms with Gasteiger partial charge in [-0.15, -0.1) is 0 Å². The molecular formula is C50H52ClNO17. The third-order valence-corrected chi connectivity index (χ3v) is 11.4. The van der Waals surface area contributed by atoms with Crippen molar-refractivity contribution in [1.82, 2.24) is 0 Å². The predicted octanol–water partition coefficient (Wildman–Crippen LogP) is 5.87. The molecule has 1 N–H and O–H groups in total. The van der Waals surface area contributed by atoms with Crippen LogP contribution in [0.3, 0.4) is 0 Å². The molecule has 69 heavy (non-hydrogen) atoms. The number of benzene rings is 4. The van der Waals surface area contributed by atoms with Crippen LogP contribution < -0.4 is 5.32 Å². The van der Waals surface area contributed by atoms with Crippen molar-refractivity contribution in [1.29, 1.82) is 0 Å². The lowest BCUT2D eigenvalue weighted by Gasteiger charge is -2.50. The highest BCUT2D eigenvalue weighted by Gasteiger charge is 2.58. The van der Waals surface area contributed by atoms with E-state index in [0.29, 0.717) is 27.9 Å². The second kappa shape index (κ2) is 23.4. The molecule has 7 rings (SSSR count). The first-order valence-corrected chi connectivity index (χ1v) is 22.4. The number of hydrogen-bond donors (Lipinski definition) is 1. The highest BCUT2D eigenvalue weighted by atomic mass is 35.5. The molecule has 19 heteroatoms. The summed E-state index contributed by atoms with van der Waals surface area (Å²) in [6.45, 7) is 4.91. The smallest absolute Gasteiger partial charge is 0.318 e. The van der Waals surface area contributed by atoms with Gasteiger partial charge in [-0.2, -0.15) is 0 Å². The Morgan fingerprint density at radius 3 is 1.77 bits per heavy atom. The Morgan fingerprint density at radius 1 is 0.638 bits per heavy atom. The minimum absolute atomic E-state index is 0.120. The predicted molar refractivity (Wildman–Crippen MR) is 241 cm³/mol. The van der Waals surface area contributed by atoms with Crippen molar-refractivity contribution in [2.45, 2.75) is 115 Å². The van der Waals surface area contributed by atoms with Crippen molar-refractivity contribution in [3.8, 4) is 0 Å². The van der Waals surface area contributed by atoms with E-state index in [4.69, 9.17) is 63.7 Å². The van der Waals surface area contributed by atoms with Gasteiger partial charge < -0.3 is 57.4 Å². The Labute approximate surface area is 402 Å². The molecule has 0 saturated carbocycles. The molecule has 3 saturated heterocycles. The summed E-state index contributed by atoms with van der Waals surface area (Å²) in [6.07, 6.45) is -15.3. The standard InChI is InChI=1S/C50H52ClNO17/c1-27(53)52-37-23-32(21-22-36(37)51)24-60-49-45(64-30(4)56)43(62-28(2)54)42(38(66-49)25-59-47(58)40(33-15-9-6-10-16-33)34-17-11-7-12-18-34)69-50-46(65-31(5)57)44(63-29(3)55)41-39(67-50)26-61-48(68-41)35-19-13-8-14-20-35/h6-23,38-46,48-50H,24-26H2,1-5H3,(H,52,53)/t38-,39-,41-,42-,43+,44+,45-,46-,48?,49-,50-/m1/s1. The highest BCUT2D eigenvalue weighted by molar-refractivity contribution is 6.33. The number of carbonyl (C=O) groups is 6. The molecule has 3 heterocycles. The van der Waals surface area contributed by atoms with Gasteiger partial charge in [-0.1, -0.05) is 109 Å². The van der Waals surface area contributed by atoms with Crippen LogP contribution in [0.25, 0.3) is 0 Å². The van der Waals surface area contributed by atoms with E-state index in [-0.39, 0.29) is 24.1 Å². The lowest BCUT2D eigenvalue weighted by molar-refractivity contribution is -0.386. The maximum absolute atomic E-state index is 14.4. The Bertz CT molecular complexity index is 2390. The van der Waals surface area contributed by atoms with E-state index >= 15 is 0 Å². The van der Waals surface area contributed by atoms with Gasteiger partial charge in [-0.25, -0.2) is 0 Å². The Hall–Kier alpha value is -6.25. The van der Waals surface area contributed by atoms with E-state index in [2.05, 4.69) is 5.32 Å². The summed E-state index contributed by atoms with van der Waals surface area (Å²) in [7, 11) is 0. The van der Waals surface area contributed by atoms with Crippen LogP contribution in [0.2, 0.25) is 5.02 Å². The van der Waals surface area contributed by atoms with Gasteiger partial charge in [-0.3, -0.25) is 28.8 Å². The van der Waals surface area contributed by atoms with Crippen LogP contribution >= 0.6 is 11.6 Å². The van der Waals surface area contributed by atoms with Gasteiger partial charge in [0.15, 0.2) is 43.3 Å². The van der Waals surface area contributed by atoms with Gasteiger partial charge in [0.05, 0.1) is 23.9 Å². The van der Waals surface area contributed by atoms with Crippen molar-refractivity contribution in [3.63, 3.8) is 0 Å². The van der Waals surface area contributed by atoms with Crippen molar-refractivity contribution < 1.29 is 80.9 Å². The molecule has 3 aliphatic heterocycles. The molecule has 3 fully saturated rings. The van der Waals surface area contributed by atoms with Crippen LogP contribution in [0, 0.1) is 0 Å². The summed E-state index contributed by atoms with van der Waals surface area (Å²) in [5.41, 5.74) is 2.69. The monoisotopic (exact) mass is 973 g/mol. The quantitative estimate of drug-likeness (QED) is 0.103. The second-order valence-corrected chi connectivity index (χ2v) is 16.8. The van der Waals surface area contributed by atoms with Crippen molar-refractivity contribution >= 4 is 53.0 Å². The Kier molecular flexibility index (Phi) is 17.1. The topological polar surface area (TPSA) is 216 Å².